The Hall–Kier alpha value is -2.16. The van der Waals surface area contributed by atoms with Gasteiger partial charge in [0.05, 0.1) is 13.2 Å². The van der Waals surface area contributed by atoms with Crippen molar-refractivity contribution in [1.29, 1.82) is 0 Å². The number of nitrogens with zero attached hydrogens (tertiary/aromatic N) is 6. The molecule has 1 unspecified atom stereocenters. The van der Waals surface area contributed by atoms with Gasteiger partial charge in [-0.1, -0.05) is 44.9 Å². The highest BCUT2D eigenvalue weighted by molar-refractivity contribution is 5.50. The Morgan fingerprint density at radius 3 is 2.11 bits per heavy atom. The van der Waals surface area contributed by atoms with E-state index < -0.39 is 0 Å². The van der Waals surface area contributed by atoms with Gasteiger partial charge in [0.1, 0.15) is 11.4 Å². The lowest BCUT2D eigenvalue weighted by Crippen LogP contribution is -2.51. The van der Waals surface area contributed by atoms with Crippen LogP contribution in [0.2, 0.25) is 0 Å². The second-order valence-electron chi connectivity index (χ2n) is 9.45. The van der Waals surface area contributed by atoms with Gasteiger partial charge in [-0.25, -0.2) is 9.26 Å². The summed E-state index contributed by atoms with van der Waals surface area (Å²) in [6, 6.07) is 0.359. The molecule has 2 aliphatic rings. The summed E-state index contributed by atoms with van der Waals surface area (Å²) in [4.78, 5) is 4.51. The average molecular weight is 390 g/mol. The Morgan fingerprint density at radius 2 is 1.50 bits per heavy atom. The van der Waals surface area contributed by atoms with Crippen LogP contribution in [-0.4, -0.2) is 59.5 Å². The summed E-state index contributed by atoms with van der Waals surface area (Å²) in [5.41, 5.74) is 1.53. The third kappa shape index (κ3) is 3.47. The number of aromatic nitrogens is 4. The Bertz CT molecular complexity index is 803. The number of hydrogen-bond acceptors (Lipinski definition) is 9. The molecule has 9 heteroatoms. The Kier molecular flexibility index (Phi) is 4.81. The van der Waals surface area contributed by atoms with E-state index in [1.54, 1.807) is 0 Å². The molecule has 0 radical (unpaired) electrons. The van der Waals surface area contributed by atoms with Gasteiger partial charge in [-0.15, -0.1) is 0 Å². The predicted molar refractivity (Wildman–Crippen MR) is 104 cm³/mol. The van der Waals surface area contributed by atoms with Crippen molar-refractivity contribution in [3.05, 3.63) is 11.4 Å². The lowest BCUT2D eigenvalue weighted by Gasteiger charge is -2.45. The summed E-state index contributed by atoms with van der Waals surface area (Å²) in [6.07, 6.45) is 2.03. The summed E-state index contributed by atoms with van der Waals surface area (Å²) in [6.45, 7) is 14.8. The van der Waals surface area contributed by atoms with Crippen LogP contribution in [0.25, 0.3) is 0 Å². The molecule has 0 amide bonds. The van der Waals surface area contributed by atoms with Gasteiger partial charge in [0.2, 0.25) is 0 Å². The molecule has 154 valence electrons. The second-order valence-corrected chi connectivity index (χ2v) is 9.45. The van der Waals surface area contributed by atoms with Crippen LogP contribution in [0.15, 0.2) is 9.26 Å². The molecule has 0 aliphatic carbocycles. The molecular weight excluding hydrogens is 360 g/mol. The van der Waals surface area contributed by atoms with E-state index in [2.05, 4.69) is 65.0 Å². The van der Waals surface area contributed by atoms with Gasteiger partial charge in [0.15, 0.2) is 11.6 Å². The summed E-state index contributed by atoms with van der Waals surface area (Å²) >= 11 is 0. The topological polar surface area (TPSA) is 93.5 Å². The van der Waals surface area contributed by atoms with Crippen molar-refractivity contribution in [1.82, 2.24) is 20.6 Å². The zero-order valence-corrected chi connectivity index (χ0v) is 17.4. The largest absolute Gasteiger partial charge is 0.378 e. The standard InChI is InChI=1S/C19H30N6O3/c1-18(2,3)14-17(23-27-20-14)25-7-6-13(25)12-19(4,5)15-16(22-28-21-15)24-8-10-26-11-9-24/h13H,6-12H2,1-5H3. The summed E-state index contributed by atoms with van der Waals surface area (Å²) < 4.78 is 15.7. The SMILES string of the molecule is CC(C)(C)c1nonc1N1CCC1CC(C)(C)c1nonc1N1CCOCC1. The second kappa shape index (κ2) is 7.02. The maximum atomic E-state index is 5.46. The molecule has 2 fully saturated rings. The van der Waals surface area contributed by atoms with E-state index in [-0.39, 0.29) is 10.8 Å². The molecular formula is C19H30N6O3. The Labute approximate surface area is 165 Å². The van der Waals surface area contributed by atoms with E-state index >= 15 is 0 Å². The number of morpholine rings is 1. The predicted octanol–water partition coefficient (Wildman–Crippen LogP) is 2.53. The minimum atomic E-state index is -0.184. The van der Waals surface area contributed by atoms with E-state index in [1.807, 2.05) is 0 Å². The highest BCUT2D eigenvalue weighted by atomic mass is 16.6. The van der Waals surface area contributed by atoms with Gasteiger partial charge in [0, 0.05) is 36.5 Å². The van der Waals surface area contributed by atoms with Crippen molar-refractivity contribution >= 4 is 11.6 Å². The average Bonchev–Trinajstić information content (AvgIpc) is 3.29. The normalized spacial score (nSPS) is 21.1. The van der Waals surface area contributed by atoms with E-state index in [4.69, 9.17) is 14.0 Å². The van der Waals surface area contributed by atoms with Gasteiger partial charge in [-0.3, -0.25) is 0 Å². The molecule has 1 atom stereocenters. The van der Waals surface area contributed by atoms with Crippen molar-refractivity contribution < 1.29 is 14.0 Å². The maximum absolute atomic E-state index is 5.46. The van der Waals surface area contributed by atoms with Crippen LogP contribution >= 0.6 is 0 Å². The molecule has 2 aromatic heterocycles. The Balaban J connectivity index is 1.52. The molecule has 4 heterocycles. The van der Waals surface area contributed by atoms with Crippen LogP contribution in [0, 0.1) is 0 Å². The van der Waals surface area contributed by atoms with Crippen molar-refractivity contribution in [3.63, 3.8) is 0 Å². The molecule has 2 saturated heterocycles. The molecule has 0 saturated carbocycles. The molecule has 0 bridgehead atoms. The smallest absolute Gasteiger partial charge is 0.197 e. The Morgan fingerprint density at radius 1 is 0.857 bits per heavy atom. The summed E-state index contributed by atoms with van der Waals surface area (Å²) in [5.74, 6) is 1.71. The fourth-order valence-corrected chi connectivity index (χ4v) is 4.06. The van der Waals surface area contributed by atoms with Gasteiger partial charge in [0.25, 0.3) is 0 Å². The fraction of sp³-hybridized carbons (Fsp3) is 0.789. The first-order chi connectivity index (χ1) is 13.3. The minimum absolute atomic E-state index is 0.107. The number of rotatable bonds is 5. The molecule has 0 aromatic carbocycles. The van der Waals surface area contributed by atoms with Crippen LogP contribution in [-0.2, 0) is 15.6 Å². The molecule has 2 aromatic rings. The van der Waals surface area contributed by atoms with Crippen LogP contribution in [0.1, 0.15) is 58.8 Å². The zero-order chi connectivity index (χ0) is 19.9. The van der Waals surface area contributed by atoms with Crippen molar-refractivity contribution in [3.8, 4) is 0 Å². The first-order valence-corrected chi connectivity index (χ1v) is 10.0. The summed E-state index contributed by atoms with van der Waals surface area (Å²) in [7, 11) is 0. The third-order valence-corrected chi connectivity index (χ3v) is 5.77. The molecule has 9 nitrogen and oxygen atoms in total. The quantitative estimate of drug-likeness (QED) is 0.763. The molecule has 0 N–H and O–H groups in total. The molecule has 0 spiro atoms. The lowest BCUT2D eigenvalue weighted by molar-refractivity contribution is 0.122. The number of ether oxygens (including phenoxy) is 1. The summed E-state index contributed by atoms with van der Waals surface area (Å²) in [5, 5.41) is 16.9. The highest BCUT2D eigenvalue weighted by Crippen LogP contribution is 2.40. The molecule has 2 aliphatic heterocycles. The van der Waals surface area contributed by atoms with Crippen LogP contribution in [0.5, 0.6) is 0 Å². The fourth-order valence-electron chi connectivity index (χ4n) is 4.06. The molecule has 28 heavy (non-hydrogen) atoms. The first-order valence-electron chi connectivity index (χ1n) is 10.0. The maximum Gasteiger partial charge on any atom is 0.197 e. The van der Waals surface area contributed by atoms with Crippen LogP contribution in [0.4, 0.5) is 11.6 Å². The van der Waals surface area contributed by atoms with Crippen molar-refractivity contribution in [2.24, 2.45) is 0 Å². The van der Waals surface area contributed by atoms with Gasteiger partial charge < -0.3 is 14.5 Å². The van der Waals surface area contributed by atoms with E-state index in [1.165, 1.54) is 0 Å². The van der Waals surface area contributed by atoms with Crippen molar-refractivity contribution in [2.75, 3.05) is 42.6 Å². The van der Waals surface area contributed by atoms with Gasteiger partial charge >= 0.3 is 0 Å². The van der Waals surface area contributed by atoms with Crippen LogP contribution in [0.3, 0.4) is 0 Å². The number of hydrogen-bond donors (Lipinski definition) is 0. The highest BCUT2D eigenvalue weighted by Gasteiger charge is 2.41. The van der Waals surface area contributed by atoms with E-state index in [0.717, 1.165) is 55.5 Å². The molecule has 4 rings (SSSR count). The van der Waals surface area contributed by atoms with Crippen molar-refractivity contribution in [2.45, 2.75) is 64.3 Å². The van der Waals surface area contributed by atoms with Gasteiger partial charge in [-0.2, -0.15) is 0 Å². The first kappa shape index (κ1) is 19.2. The minimum Gasteiger partial charge on any atom is -0.378 e. The van der Waals surface area contributed by atoms with E-state index in [0.29, 0.717) is 19.3 Å². The lowest BCUT2D eigenvalue weighted by atomic mass is 9.78. The third-order valence-electron chi connectivity index (χ3n) is 5.77. The monoisotopic (exact) mass is 390 g/mol. The zero-order valence-electron chi connectivity index (χ0n) is 17.4. The van der Waals surface area contributed by atoms with Crippen LogP contribution < -0.4 is 9.80 Å². The number of anilines is 2. The van der Waals surface area contributed by atoms with Gasteiger partial charge in [-0.05, 0) is 23.2 Å². The van der Waals surface area contributed by atoms with E-state index in [9.17, 15) is 0 Å².